The van der Waals surface area contributed by atoms with E-state index in [2.05, 4.69) is 48.2 Å². The monoisotopic (exact) mass is 337 g/mol. The van der Waals surface area contributed by atoms with E-state index in [0.717, 1.165) is 28.7 Å². The first kappa shape index (κ1) is 15.6. The van der Waals surface area contributed by atoms with Crippen LogP contribution >= 0.6 is 11.3 Å². The van der Waals surface area contributed by atoms with Crippen molar-refractivity contribution in [3.8, 4) is 0 Å². The third-order valence-corrected chi connectivity index (χ3v) is 6.27. The number of thiophene rings is 1. The molecule has 3 nitrogen and oxygen atoms in total. The lowest BCUT2D eigenvalue weighted by Gasteiger charge is -2.33. The Kier molecular flexibility index (Phi) is 3.80. The molecule has 1 aliphatic rings. The molecule has 2 aromatic heterocycles. The maximum atomic E-state index is 4.54. The molecule has 0 radical (unpaired) electrons. The second-order valence-corrected chi connectivity index (χ2v) is 8.79. The zero-order valence-corrected chi connectivity index (χ0v) is 15.3. The Balaban J connectivity index is 1.75. The van der Waals surface area contributed by atoms with Gasteiger partial charge < -0.3 is 5.32 Å². The Morgan fingerprint density at radius 1 is 1.12 bits per heavy atom. The third kappa shape index (κ3) is 2.80. The van der Waals surface area contributed by atoms with Crippen molar-refractivity contribution in [2.45, 2.75) is 40.0 Å². The summed E-state index contributed by atoms with van der Waals surface area (Å²) in [6, 6.07) is 10.3. The fourth-order valence-electron chi connectivity index (χ4n) is 3.60. The van der Waals surface area contributed by atoms with E-state index in [-0.39, 0.29) is 0 Å². The van der Waals surface area contributed by atoms with Gasteiger partial charge in [-0.15, -0.1) is 11.3 Å². The molecule has 4 heteroatoms. The molecule has 0 saturated carbocycles. The lowest BCUT2D eigenvalue weighted by molar-refractivity contribution is 0.218. The minimum Gasteiger partial charge on any atom is -0.340 e. The fourth-order valence-corrected chi connectivity index (χ4v) is 4.87. The van der Waals surface area contributed by atoms with E-state index in [0.29, 0.717) is 5.41 Å². The number of rotatable bonds is 2. The number of hydrogen-bond donors (Lipinski definition) is 1. The van der Waals surface area contributed by atoms with Gasteiger partial charge in [-0.3, -0.25) is 0 Å². The van der Waals surface area contributed by atoms with Gasteiger partial charge >= 0.3 is 0 Å². The Hall–Kier alpha value is -1.94. The number of nitrogens with zero attached hydrogens (tertiary/aromatic N) is 2. The van der Waals surface area contributed by atoms with Crippen LogP contribution in [0.5, 0.6) is 0 Å². The molecule has 0 fully saturated rings. The number of aryl methyl sites for hydroxylation is 1. The van der Waals surface area contributed by atoms with E-state index in [1.54, 1.807) is 6.33 Å². The first-order valence-corrected chi connectivity index (χ1v) is 9.41. The summed E-state index contributed by atoms with van der Waals surface area (Å²) in [6.07, 6.45) is 5.23. The highest BCUT2D eigenvalue weighted by molar-refractivity contribution is 7.19. The van der Waals surface area contributed by atoms with E-state index >= 15 is 0 Å². The van der Waals surface area contributed by atoms with Gasteiger partial charge in [-0.1, -0.05) is 39.0 Å². The van der Waals surface area contributed by atoms with Crippen LogP contribution in [0.1, 0.15) is 37.6 Å². The Bertz CT molecular complexity index is 862. The van der Waals surface area contributed by atoms with E-state index in [4.69, 9.17) is 0 Å². The van der Waals surface area contributed by atoms with E-state index in [1.165, 1.54) is 28.7 Å². The number of nitrogens with one attached hydrogen (secondary N) is 1. The van der Waals surface area contributed by atoms with Gasteiger partial charge in [-0.05, 0) is 48.3 Å². The summed E-state index contributed by atoms with van der Waals surface area (Å²) in [5, 5.41) is 4.71. The summed E-state index contributed by atoms with van der Waals surface area (Å²) in [6.45, 7) is 7.08. The van der Waals surface area contributed by atoms with Crippen LogP contribution < -0.4 is 5.32 Å². The van der Waals surface area contributed by atoms with Gasteiger partial charge in [0.1, 0.15) is 17.0 Å². The minimum absolute atomic E-state index is 0.366. The van der Waals surface area contributed by atoms with Gasteiger partial charge in [0.05, 0.1) is 5.39 Å². The van der Waals surface area contributed by atoms with Crippen molar-refractivity contribution in [2.24, 2.45) is 11.3 Å². The largest absolute Gasteiger partial charge is 0.340 e. The highest BCUT2D eigenvalue weighted by Gasteiger charge is 2.31. The van der Waals surface area contributed by atoms with Crippen molar-refractivity contribution >= 4 is 33.1 Å². The molecule has 1 N–H and O–H groups in total. The molecule has 0 spiro atoms. The maximum absolute atomic E-state index is 4.54. The molecule has 124 valence electrons. The molecule has 0 saturated heterocycles. The van der Waals surface area contributed by atoms with Crippen molar-refractivity contribution in [1.29, 1.82) is 0 Å². The van der Waals surface area contributed by atoms with Crippen molar-refractivity contribution < 1.29 is 0 Å². The number of aromatic nitrogens is 2. The smallest absolute Gasteiger partial charge is 0.142 e. The standard InChI is InChI=1S/C20H23N3S/c1-20(2,3)13-9-10-15-16(11-13)24-19-17(15)18(21-12-22-19)23-14-7-5-4-6-8-14/h4-8,12-13H,9-11H2,1-3H3,(H,21,22,23). The molecule has 1 unspecified atom stereocenters. The summed E-state index contributed by atoms with van der Waals surface area (Å²) in [5.41, 5.74) is 2.90. The van der Waals surface area contributed by atoms with Crippen LogP contribution in [0.25, 0.3) is 10.2 Å². The zero-order valence-electron chi connectivity index (χ0n) is 14.5. The van der Waals surface area contributed by atoms with Gasteiger partial charge in [0.2, 0.25) is 0 Å². The van der Waals surface area contributed by atoms with Gasteiger partial charge in [-0.25, -0.2) is 9.97 Å². The Morgan fingerprint density at radius 3 is 2.67 bits per heavy atom. The van der Waals surface area contributed by atoms with Crippen molar-refractivity contribution in [3.63, 3.8) is 0 Å². The van der Waals surface area contributed by atoms with Crippen molar-refractivity contribution in [3.05, 3.63) is 47.1 Å². The molecule has 0 bridgehead atoms. The van der Waals surface area contributed by atoms with E-state index < -0.39 is 0 Å². The van der Waals surface area contributed by atoms with Crippen LogP contribution in [0.4, 0.5) is 11.5 Å². The van der Waals surface area contributed by atoms with E-state index in [9.17, 15) is 0 Å². The summed E-state index contributed by atoms with van der Waals surface area (Å²) < 4.78 is 0. The Labute approximate surface area is 147 Å². The average molecular weight is 337 g/mol. The van der Waals surface area contributed by atoms with Crippen LogP contribution in [-0.2, 0) is 12.8 Å². The molecule has 4 rings (SSSR count). The van der Waals surface area contributed by atoms with E-state index in [1.807, 2.05) is 29.5 Å². The zero-order chi connectivity index (χ0) is 16.7. The average Bonchev–Trinajstić information content (AvgIpc) is 2.93. The lowest BCUT2D eigenvalue weighted by Crippen LogP contribution is -2.26. The normalized spacial score (nSPS) is 17.7. The molecule has 0 aliphatic heterocycles. The number of fused-ring (bicyclic) bond motifs is 3. The number of hydrogen-bond acceptors (Lipinski definition) is 4. The van der Waals surface area contributed by atoms with Gasteiger partial charge in [0.15, 0.2) is 0 Å². The summed E-state index contributed by atoms with van der Waals surface area (Å²) in [4.78, 5) is 11.7. The van der Waals surface area contributed by atoms with Crippen LogP contribution in [0.3, 0.4) is 0 Å². The molecule has 3 aromatic rings. The summed E-state index contributed by atoms with van der Waals surface area (Å²) in [7, 11) is 0. The number of anilines is 2. The van der Waals surface area contributed by atoms with Crippen LogP contribution in [-0.4, -0.2) is 9.97 Å². The summed E-state index contributed by atoms with van der Waals surface area (Å²) >= 11 is 1.85. The predicted octanol–water partition coefficient (Wildman–Crippen LogP) is 5.59. The number of para-hydroxylation sites is 1. The topological polar surface area (TPSA) is 37.8 Å². The van der Waals surface area contributed by atoms with Crippen molar-refractivity contribution in [2.75, 3.05) is 5.32 Å². The third-order valence-electron chi connectivity index (χ3n) is 5.11. The Morgan fingerprint density at radius 2 is 1.92 bits per heavy atom. The molecule has 1 aliphatic carbocycles. The number of benzene rings is 1. The quantitative estimate of drug-likeness (QED) is 0.663. The molecule has 0 amide bonds. The van der Waals surface area contributed by atoms with Crippen LogP contribution in [0.15, 0.2) is 36.7 Å². The summed E-state index contributed by atoms with van der Waals surface area (Å²) in [5.74, 6) is 1.69. The highest BCUT2D eigenvalue weighted by Crippen LogP contribution is 2.44. The maximum Gasteiger partial charge on any atom is 0.142 e. The van der Waals surface area contributed by atoms with Crippen LogP contribution in [0, 0.1) is 11.3 Å². The van der Waals surface area contributed by atoms with Gasteiger partial charge in [-0.2, -0.15) is 0 Å². The highest BCUT2D eigenvalue weighted by atomic mass is 32.1. The molecule has 24 heavy (non-hydrogen) atoms. The second-order valence-electron chi connectivity index (χ2n) is 7.70. The lowest BCUT2D eigenvalue weighted by atomic mass is 9.72. The van der Waals surface area contributed by atoms with Crippen LogP contribution in [0.2, 0.25) is 0 Å². The molecular formula is C20H23N3S. The molecule has 1 atom stereocenters. The SMILES string of the molecule is CC(C)(C)C1CCc2c(sc3ncnc(Nc4ccccc4)c23)C1. The minimum atomic E-state index is 0.366. The van der Waals surface area contributed by atoms with Crippen molar-refractivity contribution in [1.82, 2.24) is 9.97 Å². The van der Waals surface area contributed by atoms with Gasteiger partial charge in [0.25, 0.3) is 0 Å². The molecule has 2 heterocycles. The first-order valence-electron chi connectivity index (χ1n) is 8.59. The predicted molar refractivity (Wildman–Crippen MR) is 102 cm³/mol. The van der Waals surface area contributed by atoms with Gasteiger partial charge in [0, 0.05) is 10.6 Å². The molecular weight excluding hydrogens is 314 g/mol. The molecule has 1 aromatic carbocycles. The fraction of sp³-hybridized carbons (Fsp3) is 0.400. The first-order chi connectivity index (χ1) is 11.5. The second kappa shape index (κ2) is 5.85.